The molecule has 3 heterocycles. The van der Waals surface area contributed by atoms with Gasteiger partial charge in [0.2, 0.25) is 0 Å². The van der Waals surface area contributed by atoms with Crippen molar-refractivity contribution in [3.05, 3.63) is 58.3 Å². The van der Waals surface area contributed by atoms with Gasteiger partial charge < -0.3 is 19.9 Å². The first kappa shape index (κ1) is 24.8. The van der Waals surface area contributed by atoms with Crippen LogP contribution in [0.25, 0.3) is 11.1 Å². The molecule has 36 heavy (non-hydrogen) atoms. The predicted octanol–water partition coefficient (Wildman–Crippen LogP) is 5.21. The fourth-order valence-electron chi connectivity index (χ4n) is 5.13. The number of aryl methyl sites for hydroxylation is 1. The maximum Gasteiger partial charge on any atom is 0.152 e. The Balaban J connectivity index is 1.53. The largest absolute Gasteiger partial charge is 0.491 e. The van der Waals surface area contributed by atoms with Crippen LogP contribution in [-0.2, 0) is 25.9 Å². The van der Waals surface area contributed by atoms with Crippen molar-refractivity contribution in [2.24, 2.45) is 5.41 Å². The first-order valence-electron chi connectivity index (χ1n) is 12.6. The van der Waals surface area contributed by atoms with E-state index >= 15 is 0 Å². The molecule has 0 amide bonds. The maximum atomic E-state index is 6.21. The minimum atomic E-state index is 0.244. The summed E-state index contributed by atoms with van der Waals surface area (Å²) >= 11 is 6.21. The molecule has 3 aromatic rings. The molecule has 5 rings (SSSR count). The second-order valence-electron chi connectivity index (χ2n) is 10.9. The van der Waals surface area contributed by atoms with Crippen LogP contribution in [0, 0.1) is 5.41 Å². The zero-order chi connectivity index (χ0) is 25.4. The van der Waals surface area contributed by atoms with E-state index in [1.54, 1.807) is 0 Å². The molecule has 2 aromatic heterocycles. The second kappa shape index (κ2) is 9.87. The molecular weight excluding hydrogens is 472 g/mol. The summed E-state index contributed by atoms with van der Waals surface area (Å²) in [5.41, 5.74) is 6.80. The quantitative estimate of drug-likeness (QED) is 0.476. The molecule has 0 spiro atoms. The van der Waals surface area contributed by atoms with Gasteiger partial charge in [0.25, 0.3) is 0 Å². The molecule has 0 saturated heterocycles. The maximum absolute atomic E-state index is 6.21. The summed E-state index contributed by atoms with van der Waals surface area (Å²) in [6.07, 6.45) is 4.96. The van der Waals surface area contributed by atoms with Gasteiger partial charge in [-0.25, -0.2) is 15.0 Å². The monoisotopic (exact) mass is 506 g/mol. The van der Waals surface area contributed by atoms with Crippen molar-refractivity contribution in [3.8, 4) is 16.9 Å². The van der Waals surface area contributed by atoms with Gasteiger partial charge in [0.1, 0.15) is 24.0 Å². The highest BCUT2D eigenvalue weighted by atomic mass is 35.5. The summed E-state index contributed by atoms with van der Waals surface area (Å²) < 4.78 is 6.19. The molecule has 1 aromatic carbocycles. The van der Waals surface area contributed by atoms with Crippen molar-refractivity contribution in [3.63, 3.8) is 0 Å². The lowest BCUT2D eigenvalue weighted by atomic mass is 9.76. The molecular formula is C28H35ClN6O. The number of aromatic nitrogens is 3. The second-order valence-corrected chi connectivity index (χ2v) is 11.2. The molecule has 1 aliphatic heterocycles. The zero-order valence-corrected chi connectivity index (χ0v) is 22.6. The van der Waals surface area contributed by atoms with Gasteiger partial charge in [-0.1, -0.05) is 31.5 Å². The van der Waals surface area contributed by atoms with Crippen LogP contribution < -0.4 is 15.0 Å². The third-order valence-corrected chi connectivity index (χ3v) is 7.35. The fourth-order valence-corrected chi connectivity index (χ4v) is 5.33. The van der Waals surface area contributed by atoms with Crippen LogP contribution in [0.15, 0.2) is 30.5 Å². The molecule has 0 saturated carbocycles. The van der Waals surface area contributed by atoms with E-state index in [1.165, 1.54) is 11.3 Å². The lowest BCUT2D eigenvalue weighted by Crippen LogP contribution is -2.32. The van der Waals surface area contributed by atoms with E-state index < -0.39 is 0 Å². The number of halogens is 1. The van der Waals surface area contributed by atoms with Crippen molar-refractivity contribution in [2.45, 2.75) is 46.2 Å². The summed E-state index contributed by atoms with van der Waals surface area (Å²) in [7, 11) is 5.98. The van der Waals surface area contributed by atoms with E-state index in [2.05, 4.69) is 66.2 Å². The zero-order valence-electron chi connectivity index (χ0n) is 21.9. The summed E-state index contributed by atoms with van der Waals surface area (Å²) in [5.74, 6) is 2.88. The van der Waals surface area contributed by atoms with E-state index in [-0.39, 0.29) is 5.41 Å². The number of fused-ring (bicyclic) bond motifs is 2. The highest BCUT2D eigenvalue weighted by Gasteiger charge is 2.31. The van der Waals surface area contributed by atoms with Crippen molar-refractivity contribution < 1.29 is 4.74 Å². The lowest BCUT2D eigenvalue weighted by Gasteiger charge is -2.34. The fraction of sp³-hybridized carbons (Fsp3) is 0.464. The number of hydrogen-bond donors (Lipinski definition) is 1. The molecule has 2 aliphatic rings. The van der Waals surface area contributed by atoms with Crippen LogP contribution in [0.4, 0.5) is 11.5 Å². The van der Waals surface area contributed by atoms with Gasteiger partial charge in [0, 0.05) is 42.2 Å². The number of rotatable bonds is 5. The van der Waals surface area contributed by atoms with Crippen LogP contribution in [0.5, 0.6) is 5.75 Å². The summed E-state index contributed by atoms with van der Waals surface area (Å²) in [6, 6.07) is 8.39. The molecule has 0 fully saturated rings. The Labute approximate surface area is 218 Å². The van der Waals surface area contributed by atoms with Crippen LogP contribution in [0.1, 0.15) is 42.9 Å². The summed E-state index contributed by atoms with van der Waals surface area (Å²) in [5, 5.41) is 3.58. The van der Waals surface area contributed by atoms with Crippen molar-refractivity contribution in [1.29, 1.82) is 0 Å². The summed E-state index contributed by atoms with van der Waals surface area (Å²) in [6.45, 7) is 7.55. The minimum absolute atomic E-state index is 0.244. The van der Waals surface area contributed by atoms with Gasteiger partial charge in [-0.2, -0.15) is 0 Å². The molecule has 0 radical (unpaired) electrons. The third kappa shape index (κ3) is 5.13. The molecule has 7 nitrogen and oxygen atoms in total. The topological polar surface area (TPSA) is 66.4 Å². The average molecular weight is 507 g/mol. The molecule has 0 bridgehead atoms. The van der Waals surface area contributed by atoms with Crippen molar-refractivity contribution >= 4 is 23.1 Å². The predicted molar refractivity (Wildman–Crippen MR) is 146 cm³/mol. The number of hydrogen-bond acceptors (Lipinski definition) is 7. The van der Waals surface area contributed by atoms with Crippen LogP contribution in [-0.4, -0.2) is 54.1 Å². The van der Waals surface area contributed by atoms with E-state index in [1.807, 2.05) is 19.3 Å². The van der Waals surface area contributed by atoms with Gasteiger partial charge in [-0.15, -0.1) is 0 Å². The third-order valence-electron chi connectivity index (χ3n) is 7.05. The Bertz CT molecular complexity index is 1280. The normalized spacial score (nSPS) is 16.7. The van der Waals surface area contributed by atoms with E-state index in [0.29, 0.717) is 11.8 Å². The first-order chi connectivity index (χ1) is 17.2. The van der Waals surface area contributed by atoms with Crippen molar-refractivity contribution in [2.75, 3.05) is 44.5 Å². The van der Waals surface area contributed by atoms with Gasteiger partial charge in [0.05, 0.1) is 18.8 Å². The highest BCUT2D eigenvalue weighted by molar-refractivity contribution is 6.32. The van der Waals surface area contributed by atoms with E-state index in [4.69, 9.17) is 26.3 Å². The number of nitrogens with zero attached hydrogens (tertiary/aromatic N) is 5. The molecule has 1 N–H and O–H groups in total. The molecule has 8 heteroatoms. The number of pyridine rings is 1. The Hall–Kier alpha value is -2.90. The number of nitrogens with one attached hydrogen (secondary N) is 1. The number of anilines is 2. The van der Waals surface area contributed by atoms with E-state index in [0.717, 1.165) is 78.7 Å². The van der Waals surface area contributed by atoms with Crippen LogP contribution in [0.3, 0.4) is 0 Å². The van der Waals surface area contributed by atoms with Gasteiger partial charge in [-0.05, 0) is 62.5 Å². The number of ether oxygens (including phenoxy) is 1. The van der Waals surface area contributed by atoms with E-state index in [9.17, 15) is 0 Å². The smallest absolute Gasteiger partial charge is 0.152 e. The molecule has 0 atom stereocenters. The first-order valence-corrected chi connectivity index (χ1v) is 13.0. The Morgan fingerprint density at radius 1 is 1.17 bits per heavy atom. The summed E-state index contributed by atoms with van der Waals surface area (Å²) in [4.78, 5) is 19.0. The molecule has 0 unspecified atom stereocenters. The SMILES string of the molecule is CNc1cc(-c2ccc3c(c2)CN(c2nc(CN(C)C)nc4c2CC(C)(C)CC4)CCO3)cnc1Cl. The van der Waals surface area contributed by atoms with Crippen LogP contribution >= 0.6 is 11.6 Å². The Kier molecular flexibility index (Phi) is 6.79. The number of benzene rings is 1. The van der Waals surface area contributed by atoms with Gasteiger partial charge >= 0.3 is 0 Å². The Morgan fingerprint density at radius 3 is 2.78 bits per heavy atom. The van der Waals surface area contributed by atoms with Gasteiger partial charge in [0.15, 0.2) is 5.15 Å². The average Bonchev–Trinajstić information content (AvgIpc) is 3.05. The minimum Gasteiger partial charge on any atom is -0.491 e. The highest BCUT2D eigenvalue weighted by Crippen LogP contribution is 2.39. The van der Waals surface area contributed by atoms with Crippen molar-refractivity contribution in [1.82, 2.24) is 19.9 Å². The Morgan fingerprint density at radius 2 is 2.00 bits per heavy atom. The van der Waals surface area contributed by atoms with Gasteiger partial charge in [-0.3, -0.25) is 0 Å². The standard InChI is InChI=1S/C28H35ClN6O/c1-28(2)9-8-22-21(14-28)27(33-25(32-22)17-34(4)5)35-10-11-36-24-7-6-18(12-20(24)16-35)19-13-23(30-3)26(29)31-15-19/h6-7,12-13,15,30H,8-11,14,16-17H2,1-5H3. The lowest BCUT2D eigenvalue weighted by molar-refractivity contribution is 0.308. The molecule has 1 aliphatic carbocycles. The molecule has 190 valence electrons. The van der Waals surface area contributed by atoms with Crippen LogP contribution in [0.2, 0.25) is 5.15 Å².